The highest BCUT2D eigenvalue weighted by atomic mass is 16.3. The summed E-state index contributed by atoms with van der Waals surface area (Å²) in [4.78, 5) is 12.4. The van der Waals surface area contributed by atoms with Crippen LogP contribution < -0.4 is 0 Å². The first kappa shape index (κ1) is 10.2. The van der Waals surface area contributed by atoms with Crippen LogP contribution in [0.2, 0.25) is 0 Å². The van der Waals surface area contributed by atoms with Gasteiger partial charge in [0.1, 0.15) is 0 Å². The third-order valence-corrected chi connectivity index (χ3v) is 1.43. The quantitative estimate of drug-likeness (QED) is 0.600. The molecule has 1 unspecified atom stereocenters. The summed E-state index contributed by atoms with van der Waals surface area (Å²) in [5.74, 6) is -0.106. The number of amides is 1. The van der Waals surface area contributed by atoms with E-state index in [4.69, 9.17) is 5.11 Å². The van der Waals surface area contributed by atoms with E-state index in [1.54, 1.807) is 14.0 Å². The minimum Gasteiger partial charge on any atom is -0.393 e. The lowest BCUT2D eigenvalue weighted by Crippen LogP contribution is -2.27. The molecular formula is C8H15NO2. The second-order valence-electron chi connectivity index (χ2n) is 2.60. The molecule has 0 bridgehead atoms. The van der Waals surface area contributed by atoms with Gasteiger partial charge < -0.3 is 10.0 Å². The van der Waals surface area contributed by atoms with Gasteiger partial charge in [0.25, 0.3) is 0 Å². The molecule has 0 saturated carbocycles. The fourth-order valence-corrected chi connectivity index (χ4v) is 0.647. The summed E-state index contributed by atoms with van der Waals surface area (Å²) in [5.41, 5.74) is 0. The molecule has 0 rings (SSSR count). The average Bonchev–Trinajstić information content (AvgIpc) is 1.98. The first-order chi connectivity index (χ1) is 5.07. The Labute approximate surface area is 67.3 Å². The van der Waals surface area contributed by atoms with Crippen LogP contribution in [0.1, 0.15) is 13.3 Å². The molecule has 1 amide bonds. The predicted octanol–water partition coefficient (Wildman–Crippen LogP) is 0.402. The van der Waals surface area contributed by atoms with Gasteiger partial charge in [0, 0.05) is 13.6 Å². The standard InChI is InChI=1S/C8H15NO2/c1-4-8(11)9(3)6-5-7(2)10/h4,7,10H,1,5-6H2,2-3H3. The second kappa shape index (κ2) is 4.91. The van der Waals surface area contributed by atoms with Crippen LogP contribution in [0.15, 0.2) is 12.7 Å². The van der Waals surface area contributed by atoms with E-state index in [0.29, 0.717) is 13.0 Å². The van der Waals surface area contributed by atoms with E-state index in [1.165, 1.54) is 11.0 Å². The van der Waals surface area contributed by atoms with Crippen LogP contribution in [0.5, 0.6) is 0 Å². The zero-order valence-corrected chi connectivity index (χ0v) is 7.08. The summed E-state index contributed by atoms with van der Waals surface area (Å²) in [7, 11) is 1.69. The van der Waals surface area contributed by atoms with Gasteiger partial charge in [-0.15, -0.1) is 0 Å². The molecule has 1 N–H and O–H groups in total. The first-order valence-electron chi connectivity index (χ1n) is 3.63. The minimum atomic E-state index is -0.352. The van der Waals surface area contributed by atoms with Gasteiger partial charge in [-0.1, -0.05) is 6.58 Å². The van der Waals surface area contributed by atoms with Gasteiger partial charge in [-0.2, -0.15) is 0 Å². The molecule has 0 heterocycles. The number of carbonyl (C=O) groups excluding carboxylic acids is 1. The topological polar surface area (TPSA) is 40.5 Å². The zero-order valence-electron chi connectivity index (χ0n) is 7.08. The Morgan fingerprint density at radius 1 is 1.82 bits per heavy atom. The van der Waals surface area contributed by atoms with Crippen molar-refractivity contribution in [3.63, 3.8) is 0 Å². The van der Waals surface area contributed by atoms with Crippen LogP contribution in [0.25, 0.3) is 0 Å². The van der Waals surface area contributed by atoms with E-state index in [1.807, 2.05) is 0 Å². The van der Waals surface area contributed by atoms with Crippen molar-refractivity contribution in [3.05, 3.63) is 12.7 Å². The van der Waals surface area contributed by atoms with Crippen LogP contribution in [0.3, 0.4) is 0 Å². The lowest BCUT2D eigenvalue weighted by Gasteiger charge is -2.15. The highest BCUT2D eigenvalue weighted by molar-refractivity contribution is 5.86. The van der Waals surface area contributed by atoms with Crippen molar-refractivity contribution < 1.29 is 9.90 Å². The van der Waals surface area contributed by atoms with Crippen molar-refractivity contribution in [3.8, 4) is 0 Å². The number of likely N-dealkylation sites (N-methyl/N-ethyl adjacent to an activating group) is 1. The predicted molar refractivity (Wildman–Crippen MR) is 44.1 cm³/mol. The molecule has 0 fully saturated rings. The molecule has 0 saturated heterocycles. The van der Waals surface area contributed by atoms with Gasteiger partial charge in [-0.05, 0) is 19.4 Å². The Balaban J connectivity index is 3.60. The smallest absolute Gasteiger partial charge is 0.245 e. The number of hydrogen-bond donors (Lipinski definition) is 1. The van der Waals surface area contributed by atoms with Gasteiger partial charge in [-0.25, -0.2) is 0 Å². The second-order valence-corrected chi connectivity index (χ2v) is 2.60. The van der Waals surface area contributed by atoms with Crippen LogP contribution in [0, 0.1) is 0 Å². The van der Waals surface area contributed by atoms with Crippen molar-refractivity contribution in [2.75, 3.05) is 13.6 Å². The van der Waals surface area contributed by atoms with Gasteiger partial charge in [0.2, 0.25) is 5.91 Å². The third-order valence-electron chi connectivity index (χ3n) is 1.43. The van der Waals surface area contributed by atoms with E-state index < -0.39 is 0 Å². The number of carbonyl (C=O) groups is 1. The summed E-state index contributed by atoms with van der Waals surface area (Å²) in [6, 6.07) is 0. The number of aliphatic hydroxyl groups is 1. The maximum atomic E-state index is 10.9. The van der Waals surface area contributed by atoms with E-state index in [2.05, 4.69) is 6.58 Å². The normalized spacial score (nSPS) is 12.3. The fraction of sp³-hybridized carbons (Fsp3) is 0.625. The van der Waals surface area contributed by atoms with Crippen molar-refractivity contribution in [2.24, 2.45) is 0 Å². The SMILES string of the molecule is C=CC(=O)N(C)CCC(C)O. The lowest BCUT2D eigenvalue weighted by atomic mass is 10.3. The monoisotopic (exact) mass is 157 g/mol. The Kier molecular flexibility index (Phi) is 4.54. The number of nitrogens with zero attached hydrogens (tertiary/aromatic N) is 1. The van der Waals surface area contributed by atoms with Crippen molar-refractivity contribution >= 4 is 5.91 Å². The van der Waals surface area contributed by atoms with Crippen molar-refractivity contribution in [1.29, 1.82) is 0 Å². The minimum absolute atomic E-state index is 0.106. The van der Waals surface area contributed by atoms with Gasteiger partial charge >= 0.3 is 0 Å². The highest BCUT2D eigenvalue weighted by Crippen LogP contribution is 1.93. The van der Waals surface area contributed by atoms with E-state index >= 15 is 0 Å². The molecule has 1 atom stereocenters. The first-order valence-corrected chi connectivity index (χ1v) is 3.63. The molecule has 0 radical (unpaired) electrons. The molecule has 0 spiro atoms. The van der Waals surface area contributed by atoms with Crippen molar-refractivity contribution in [2.45, 2.75) is 19.4 Å². The number of aliphatic hydroxyl groups excluding tert-OH is 1. The molecular weight excluding hydrogens is 142 g/mol. The van der Waals surface area contributed by atoms with E-state index in [9.17, 15) is 4.79 Å². The van der Waals surface area contributed by atoms with Gasteiger partial charge in [-0.3, -0.25) is 4.79 Å². The Bertz CT molecular complexity index is 143. The maximum absolute atomic E-state index is 10.9. The zero-order chi connectivity index (χ0) is 8.85. The summed E-state index contributed by atoms with van der Waals surface area (Å²) in [6.07, 6.45) is 1.52. The van der Waals surface area contributed by atoms with Crippen LogP contribution in [0.4, 0.5) is 0 Å². The Morgan fingerprint density at radius 2 is 2.36 bits per heavy atom. The Morgan fingerprint density at radius 3 is 2.73 bits per heavy atom. The highest BCUT2D eigenvalue weighted by Gasteiger charge is 2.04. The van der Waals surface area contributed by atoms with Crippen molar-refractivity contribution in [1.82, 2.24) is 4.90 Å². The summed E-state index contributed by atoms with van der Waals surface area (Å²) in [6.45, 7) is 5.63. The van der Waals surface area contributed by atoms with Crippen LogP contribution >= 0.6 is 0 Å². The van der Waals surface area contributed by atoms with Gasteiger partial charge in [0.05, 0.1) is 6.10 Å². The summed E-state index contributed by atoms with van der Waals surface area (Å²) in [5, 5.41) is 8.89. The largest absolute Gasteiger partial charge is 0.393 e. The molecule has 64 valence electrons. The Hall–Kier alpha value is -0.830. The molecule has 3 heteroatoms. The van der Waals surface area contributed by atoms with E-state index in [-0.39, 0.29) is 12.0 Å². The average molecular weight is 157 g/mol. The molecule has 3 nitrogen and oxygen atoms in total. The summed E-state index contributed by atoms with van der Waals surface area (Å²) >= 11 is 0. The maximum Gasteiger partial charge on any atom is 0.245 e. The van der Waals surface area contributed by atoms with Crippen LogP contribution in [-0.4, -0.2) is 35.6 Å². The number of rotatable bonds is 4. The molecule has 0 aromatic carbocycles. The molecule has 0 aromatic heterocycles. The van der Waals surface area contributed by atoms with Crippen LogP contribution in [-0.2, 0) is 4.79 Å². The fourth-order valence-electron chi connectivity index (χ4n) is 0.647. The molecule has 0 aromatic rings. The molecule has 0 aliphatic heterocycles. The molecule has 0 aliphatic rings. The van der Waals surface area contributed by atoms with E-state index in [0.717, 1.165) is 0 Å². The molecule has 0 aliphatic carbocycles. The lowest BCUT2D eigenvalue weighted by molar-refractivity contribution is -0.125. The third kappa shape index (κ3) is 4.56. The molecule has 11 heavy (non-hydrogen) atoms. The number of hydrogen-bond acceptors (Lipinski definition) is 2. The summed E-state index contributed by atoms with van der Waals surface area (Å²) < 4.78 is 0. The van der Waals surface area contributed by atoms with Gasteiger partial charge in [0.15, 0.2) is 0 Å².